The Balaban J connectivity index is 3.21. The Morgan fingerprint density at radius 2 is 2.20 bits per heavy atom. The normalized spacial score (nSPS) is 9.30. The first-order valence-electron chi connectivity index (χ1n) is 2.97. The van der Waals surface area contributed by atoms with Gasteiger partial charge in [0.2, 0.25) is 0 Å². The summed E-state index contributed by atoms with van der Waals surface area (Å²) in [4.78, 5) is 0. The molecule has 0 unspecified atom stereocenters. The van der Waals surface area contributed by atoms with E-state index in [9.17, 15) is 0 Å². The number of aryl methyl sites for hydroxylation is 1. The zero-order valence-corrected chi connectivity index (χ0v) is 6.76. The van der Waals surface area contributed by atoms with Gasteiger partial charge in [0, 0.05) is 0 Å². The second-order valence-corrected chi connectivity index (χ2v) is 2.40. The Morgan fingerprint density at radius 1 is 1.50 bits per heavy atom. The summed E-state index contributed by atoms with van der Waals surface area (Å²) in [7, 11) is 3.03. The summed E-state index contributed by atoms with van der Waals surface area (Å²) in [6, 6.07) is 5.72. The maximum absolute atomic E-state index is 5.58. The molecular weight excluding hydrogens is 143 g/mol. The van der Waals surface area contributed by atoms with Gasteiger partial charge in [0.25, 0.3) is 0 Å². The average Bonchev–Trinajstić information content (AvgIpc) is 1.94. The molecule has 0 bridgehead atoms. The van der Waals surface area contributed by atoms with Crippen LogP contribution in [0.3, 0.4) is 0 Å². The molecule has 0 amide bonds. The van der Waals surface area contributed by atoms with Gasteiger partial charge in [0.1, 0.15) is 0 Å². The molecule has 1 aromatic carbocycles. The third-order valence-electron chi connectivity index (χ3n) is 1.31. The van der Waals surface area contributed by atoms with Crippen molar-refractivity contribution in [2.75, 3.05) is 5.73 Å². The van der Waals surface area contributed by atoms with Crippen molar-refractivity contribution in [3.05, 3.63) is 23.8 Å². The molecule has 0 spiro atoms. The first-order valence-corrected chi connectivity index (χ1v) is 3.42. The van der Waals surface area contributed by atoms with Crippen LogP contribution in [-0.4, -0.2) is 0 Å². The number of hydrogen-bond donors (Lipinski definition) is 1. The lowest BCUT2D eigenvalue weighted by molar-refractivity contribution is 1.44. The van der Waals surface area contributed by atoms with Crippen molar-refractivity contribution < 1.29 is 0 Å². The Bertz CT molecular complexity index is 258. The van der Waals surface area contributed by atoms with E-state index in [1.807, 2.05) is 25.1 Å². The summed E-state index contributed by atoms with van der Waals surface area (Å²) >= 11 is 0. The highest BCUT2D eigenvalue weighted by atomic mass is 31.0. The minimum atomic E-state index is 0.695. The monoisotopic (exact) mass is 152 g/mol. The summed E-state index contributed by atoms with van der Waals surface area (Å²) in [5.74, 6) is 0. The summed E-state index contributed by atoms with van der Waals surface area (Å²) in [5, 5.41) is 0. The van der Waals surface area contributed by atoms with E-state index >= 15 is 0 Å². The van der Waals surface area contributed by atoms with Crippen molar-refractivity contribution in [1.29, 1.82) is 0 Å². The van der Waals surface area contributed by atoms with Crippen molar-refractivity contribution in [1.82, 2.24) is 0 Å². The molecule has 2 N–H and O–H groups in total. The van der Waals surface area contributed by atoms with Crippen LogP contribution in [0.2, 0.25) is 0 Å². The van der Waals surface area contributed by atoms with E-state index in [1.54, 1.807) is 0 Å². The van der Waals surface area contributed by atoms with Crippen molar-refractivity contribution in [3.63, 3.8) is 0 Å². The average molecular weight is 152 g/mol. The number of nitrogens with zero attached hydrogens (tertiary/aromatic N) is 1. The maximum Gasteiger partial charge on any atom is 0.0903 e. The van der Waals surface area contributed by atoms with Gasteiger partial charge in [-0.2, -0.15) is 0 Å². The molecule has 0 aromatic heterocycles. The third kappa shape index (κ3) is 1.34. The van der Waals surface area contributed by atoms with Crippen LogP contribution in [0.1, 0.15) is 5.56 Å². The van der Waals surface area contributed by atoms with Crippen LogP contribution in [0.25, 0.3) is 0 Å². The fourth-order valence-electron chi connectivity index (χ4n) is 0.751. The van der Waals surface area contributed by atoms with Gasteiger partial charge in [-0.05, 0) is 33.7 Å². The van der Waals surface area contributed by atoms with Gasteiger partial charge in [-0.3, -0.25) is 0 Å². The number of rotatable bonds is 1. The topological polar surface area (TPSA) is 38.4 Å². The molecule has 0 radical (unpaired) electrons. The first-order chi connectivity index (χ1) is 4.74. The Labute approximate surface area is 62.4 Å². The lowest BCUT2D eigenvalue weighted by atomic mass is 10.2. The largest absolute Gasteiger partial charge is 0.397 e. The van der Waals surface area contributed by atoms with Gasteiger partial charge in [-0.25, -0.2) is 4.74 Å². The molecule has 3 heteroatoms. The molecule has 0 fully saturated rings. The van der Waals surface area contributed by atoms with Gasteiger partial charge in [-0.15, -0.1) is 0 Å². The fourth-order valence-corrected chi connectivity index (χ4v) is 0.944. The zero-order chi connectivity index (χ0) is 7.56. The highest BCUT2D eigenvalue weighted by molar-refractivity contribution is 7.04. The molecule has 0 aliphatic heterocycles. The van der Waals surface area contributed by atoms with Crippen LogP contribution in [0, 0.1) is 6.92 Å². The van der Waals surface area contributed by atoms with Crippen LogP contribution in [0.5, 0.6) is 0 Å². The predicted molar refractivity (Wildman–Crippen MR) is 46.0 cm³/mol. The second-order valence-electron chi connectivity index (χ2n) is 2.17. The maximum atomic E-state index is 5.58. The minimum Gasteiger partial charge on any atom is -0.397 e. The van der Waals surface area contributed by atoms with Crippen LogP contribution >= 0.6 is 9.03 Å². The van der Waals surface area contributed by atoms with E-state index in [0.29, 0.717) is 5.69 Å². The number of nitrogen functional groups attached to an aromatic ring is 1. The quantitative estimate of drug-likeness (QED) is 0.487. The molecule has 10 heavy (non-hydrogen) atoms. The summed E-state index contributed by atoms with van der Waals surface area (Å²) in [6.07, 6.45) is 0. The van der Waals surface area contributed by atoms with E-state index in [2.05, 4.69) is 13.8 Å². The number of anilines is 1. The number of nitrogens with two attached hydrogens (primary N) is 1. The van der Waals surface area contributed by atoms with Gasteiger partial charge in [0.15, 0.2) is 0 Å². The first kappa shape index (κ1) is 7.23. The zero-order valence-electron chi connectivity index (χ0n) is 5.76. The highest BCUT2D eigenvalue weighted by Crippen LogP contribution is 2.23. The van der Waals surface area contributed by atoms with Crippen molar-refractivity contribution in [2.45, 2.75) is 6.92 Å². The van der Waals surface area contributed by atoms with E-state index in [4.69, 9.17) is 5.73 Å². The van der Waals surface area contributed by atoms with Crippen LogP contribution in [-0.2, 0) is 0 Å². The minimum absolute atomic E-state index is 0.695. The molecule has 52 valence electrons. The fraction of sp³-hybridized carbons (Fsp3) is 0.143. The molecular formula is C7H9N2P. The van der Waals surface area contributed by atoms with Crippen molar-refractivity contribution in [2.24, 2.45) is 4.74 Å². The Hall–Kier alpha value is -0.880. The highest BCUT2D eigenvalue weighted by Gasteiger charge is 1.93. The number of hydrogen-bond acceptors (Lipinski definition) is 2. The van der Waals surface area contributed by atoms with E-state index in [0.717, 1.165) is 11.3 Å². The van der Waals surface area contributed by atoms with Crippen LogP contribution < -0.4 is 5.73 Å². The van der Waals surface area contributed by atoms with E-state index < -0.39 is 0 Å². The van der Waals surface area contributed by atoms with E-state index in [-0.39, 0.29) is 0 Å². The summed E-state index contributed by atoms with van der Waals surface area (Å²) in [6.45, 7) is 2.00. The van der Waals surface area contributed by atoms with Gasteiger partial charge >= 0.3 is 0 Å². The molecule has 0 saturated heterocycles. The SMILES string of the molecule is Cc1ccc(N)c(N=P)c1. The second kappa shape index (κ2) is 2.80. The molecule has 0 saturated carbocycles. The molecule has 0 aliphatic rings. The molecule has 0 aliphatic carbocycles. The van der Waals surface area contributed by atoms with Gasteiger partial charge < -0.3 is 5.73 Å². The van der Waals surface area contributed by atoms with Crippen LogP contribution in [0.15, 0.2) is 22.9 Å². The van der Waals surface area contributed by atoms with E-state index in [1.165, 1.54) is 0 Å². The number of benzene rings is 1. The third-order valence-corrected chi connectivity index (χ3v) is 1.55. The smallest absolute Gasteiger partial charge is 0.0903 e. The molecule has 0 heterocycles. The summed E-state index contributed by atoms with van der Waals surface area (Å²) < 4.78 is 3.81. The van der Waals surface area contributed by atoms with Crippen molar-refractivity contribution in [3.8, 4) is 0 Å². The standard InChI is InChI=1S/C7H9N2P/c1-5-2-3-6(8)7(4-5)9-10/h2-4,10H,8H2,1H3. The Kier molecular flexibility index (Phi) is 2.03. The van der Waals surface area contributed by atoms with Gasteiger partial charge in [-0.1, -0.05) is 6.07 Å². The molecule has 1 rings (SSSR count). The predicted octanol–water partition coefficient (Wildman–Crippen LogP) is 2.54. The van der Waals surface area contributed by atoms with Crippen LogP contribution in [0.4, 0.5) is 11.4 Å². The molecule has 2 nitrogen and oxygen atoms in total. The van der Waals surface area contributed by atoms with Gasteiger partial charge in [0.05, 0.1) is 11.4 Å². The Morgan fingerprint density at radius 3 is 2.70 bits per heavy atom. The van der Waals surface area contributed by atoms with Crippen molar-refractivity contribution >= 4 is 20.4 Å². The summed E-state index contributed by atoms with van der Waals surface area (Å²) in [5.41, 5.74) is 8.22. The lowest BCUT2D eigenvalue weighted by Crippen LogP contribution is -1.84. The molecule has 0 atom stereocenters. The molecule has 1 aromatic rings. The lowest BCUT2D eigenvalue weighted by Gasteiger charge is -1.98.